The highest BCUT2D eigenvalue weighted by molar-refractivity contribution is 5.87. The molecule has 0 aliphatic carbocycles. The van der Waals surface area contributed by atoms with Crippen molar-refractivity contribution >= 4 is 17.7 Å². The van der Waals surface area contributed by atoms with Crippen LogP contribution in [-0.2, 0) is 0 Å². The minimum absolute atomic E-state index is 0.786. The van der Waals surface area contributed by atoms with Crippen LogP contribution in [0.25, 0.3) is 0 Å². The molecule has 0 radical (unpaired) electrons. The molecule has 0 spiro atoms. The maximum Gasteiger partial charge on any atom is 0.173 e. The van der Waals surface area contributed by atoms with E-state index < -0.39 is 0 Å². The molecule has 1 aliphatic heterocycles. The van der Waals surface area contributed by atoms with Gasteiger partial charge in [0.25, 0.3) is 0 Å². The summed E-state index contributed by atoms with van der Waals surface area (Å²) in [5.41, 5.74) is 4.95. The summed E-state index contributed by atoms with van der Waals surface area (Å²) in [5, 5.41) is 5.92. The van der Waals surface area contributed by atoms with Crippen molar-refractivity contribution in [3.63, 3.8) is 0 Å². The van der Waals surface area contributed by atoms with Crippen molar-refractivity contribution in [2.75, 3.05) is 10.5 Å². The molecule has 1 aromatic heterocycles. The Morgan fingerprint density at radius 1 is 1.13 bits per heavy atom. The number of fused-ring (bicyclic) bond motifs is 1. The highest BCUT2D eigenvalue weighted by Crippen LogP contribution is 2.19. The summed E-state index contributed by atoms with van der Waals surface area (Å²) < 4.78 is 0. The van der Waals surface area contributed by atoms with Crippen molar-refractivity contribution in [1.29, 1.82) is 0 Å². The average molecular weight is 199 g/mol. The molecule has 0 saturated heterocycles. The van der Waals surface area contributed by atoms with Gasteiger partial charge in [0, 0.05) is 0 Å². The number of anilines is 2. The van der Waals surface area contributed by atoms with E-state index in [1.165, 1.54) is 0 Å². The van der Waals surface area contributed by atoms with E-state index in [0.717, 1.165) is 17.2 Å². The SMILES string of the molecule is C1=NN(c2ccccc2)Nc2nc[nH]c21. The number of benzene rings is 1. The van der Waals surface area contributed by atoms with Gasteiger partial charge < -0.3 is 4.98 Å². The van der Waals surface area contributed by atoms with Gasteiger partial charge in [0.1, 0.15) is 5.69 Å². The topological polar surface area (TPSA) is 56.3 Å². The Morgan fingerprint density at radius 2 is 2.00 bits per heavy atom. The lowest BCUT2D eigenvalue weighted by Crippen LogP contribution is -2.27. The van der Waals surface area contributed by atoms with E-state index in [4.69, 9.17) is 0 Å². The molecule has 5 nitrogen and oxygen atoms in total. The smallest absolute Gasteiger partial charge is 0.173 e. The molecule has 74 valence electrons. The van der Waals surface area contributed by atoms with Crippen LogP contribution in [0, 0.1) is 0 Å². The van der Waals surface area contributed by atoms with Gasteiger partial charge in [0.15, 0.2) is 5.82 Å². The van der Waals surface area contributed by atoms with Crippen LogP contribution in [-0.4, -0.2) is 16.2 Å². The van der Waals surface area contributed by atoms with Gasteiger partial charge in [-0.2, -0.15) is 10.2 Å². The lowest BCUT2D eigenvalue weighted by atomic mass is 10.3. The Bertz CT molecular complexity index is 488. The van der Waals surface area contributed by atoms with Crippen LogP contribution in [0.15, 0.2) is 41.8 Å². The highest BCUT2D eigenvalue weighted by atomic mass is 15.7. The summed E-state index contributed by atoms with van der Waals surface area (Å²) in [6.45, 7) is 0. The van der Waals surface area contributed by atoms with Crippen molar-refractivity contribution in [3.8, 4) is 0 Å². The molecular formula is C10H9N5. The maximum absolute atomic E-state index is 4.24. The van der Waals surface area contributed by atoms with Crippen molar-refractivity contribution in [2.45, 2.75) is 0 Å². The van der Waals surface area contributed by atoms with Gasteiger partial charge in [-0.05, 0) is 12.1 Å². The van der Waals surface area contributed by atoms with Crippen molar-refractivity contribution in [3.05, 3.63) is 42.4 Å². The van der Waals surface area contributed by atoms with Gasteiger partial charge in [-0.3, -0.25) is 5.43 Å². The number of nitrogens with one attached hydrogen (secondary N) is 2. The second-order valence-electron chi connectivity index (χ2n) is 3.17. The third-order valence-electron chi connectivity index (χ3n) is 2.18. The predicted molar refractivity (Wildman–Crippen MR) is 58.7 cm³/mol. The van der Waals surface area contributed by atoms with Crippen LogP contribution in [0.2, 0.25) is 0 Å². The zero-order chi connectivity index (χ0) is 10.1. The number of aromatic nitrogens is 2. The van der Waals surface area contributed by atoms with Crippen molar-refractivity contribution in [1.82, 2.24) is 9.97 Å². The Hall–Kier alpha value is -2.30. The third-order valence-corrected chi connectivity index (χ3v) is 2.18. The number of imidazole rings is 1. The molecule has 0 unspecified atom stereocenters. The number of hydrazine groups is 1. The first-order chi connectivity index (χ1) is 7.43. The van der Waals surface area contributed by atoms with Crippen molar-refractivity contribution < 1.29 is 0 Å². The molecule has 2 heterocycles. The summed E-state index contributed by atoms with van der Waals surface area (Å²) >= 11 is 0. The molecular weight excluding hydrogens is 190 g/mol. The number of rotatable bonds is 1. The number of H-pyrrole nitrogens is 1. The number of para-hydroxylation sites is 1. The van der Waals surface area contributed by atoms with Crippen LogP contribution in [0.3, 0.4) is 0 Å². The summed E-state index contributed by atoms with van der Waals surface area (Å²) in [5.74, 6) is 0.786. The first-order valence-electron chi connectivity index (χ1n) is 4.63. The van der Waals surface area contributed by atoms with Crippen molar-refractivity contribution in [2.24, 2.45) is 5.10 Å². The number of nitrogens with zero attached hydrogens (tertiary/aromatic N) is 3. The van der Waals surface area contributed by atoms with Crippen LogP contribution in [0.1, 0.15) is 5.69 Å². The molecule has 3 rings (SSSR count). The van der Waals surface area contributed by atoms with E-state index in [0.29, 0.717) is 0 Å². The van der Waals surface area contributed by atoms with Crippen LogP contribution in [0.5, 0.6) is 0 Å². The summed E-state index contributed by atoms with van der Waals surface area (Å²) in [6.07, 6.45) is 3.38. The Morgan fingerprint density at radius 3 is 2.87 bits per heavy atom. The van der Waals surface area contributed by atoms with Gasteiger partial charge in [-0.1, -0.05) is 18.2 Å². The molecule has 5 heteroatoms. The minimum atomic E-state index is 0.786. The number of hydrogen-bond acceptors (Lipinski definition) is 4. The van der Waals surface area contributed by atoms with Gasteiger partial charge in [0.2, 0.25) is 0 Å². The first kappa shape index (κ1) is 8.05. The third kappa shape index (κ3) is 1.34. The van der Waals surface area contributed by atoms with E-state index in [1.807, 2.05) is 30.3 Å². The number of hydrogen-bond donors (Lipinski definition) is 2. The van der Waals surface area contributed by atoms with Crippen LogP contribution >= 0.6 is 0 Å². The number of aromatic amines is 1. The maximum atomic E-state index is 4.24. The molecule has 0 bridgehead atoms. The quantitative estimate of drug-likeness (QED) is 0.733. The van der Waals surface area contributed by atoms with E-state index in [2.05, 4.69) is 20.5 Å². The Labute approximate surface area is 86.4 Å². The average Bonchev–Trinajstić information content (AvgIpc) is 2.77. The largest absolute Gasteiger partial charge is 0.342 e. The first-order valence-corrected chi connectivity index (χ1v) is 4.63. The molecule has 1 aromatic carbocycles. The molecule has 0 amide bonds. The van der Waals surface area contributed by atoms with Gasteiger partial charge in [-0.25, -0.2) is 4.98 Å². The second-order valence-corrected chi connectivity index (χ2v) is 3.17. The van der Waals surface area contributed by atoms with E-state index in [1.54, 1.807) is 17.7 Å². The van der Waals surface area contributed by atoms with E-state index in [-0.39, 0.29) is 0 Å². The molecule has 15 heavy (non-hydrogen) atoms. The fourth-order valence-electron chi connectivity index (χ4n) is 1.44. The monoisotopic (exact) mass is 199 g/mol. The zero-order valence-corrected chi connectivity index (χ0v) is 7.88. The Balaban J connectivity index is 1.94. The zero-order valence-electron chi connectivity index (χ0n) is 7.88. The molecule has 0 atom stereocenters. The Kier molecular flexibility index (Phi) is 1.68. The van der Waals surface area contributed by atoms with Gasteiger partial charge >= 0.3 is 0 Å². The molecule has 2 aromatic rings. The van der Waals surface area contributed by atoms with Gasteiger partial charge in [-0.15, -0.1) is 0 Å². The van der Waals surface area contributed by atoms with Crippen LogP contribution < -0.4 is 10.5 Å². The lowest BCUT2D eigenvalue weighted by molar-refractivity contribution is 0.971. The predicted octanol–water partition coefficient (Wildman–Crippen LogP) is 1.59. The summed E-state index contributed by atoms with van der Waals surface area (Å²) in [7, 11) is 0. The lowest BCUT2D eigenvalue weighted by Gasteiger charge is -2.22. The molecule has 0 saturated carbocycles. The summed E-state index contributed by atoms with van der Waals surface area (Å²) in [4.78, 5) is 7.11. The normalized spacial score (nSPS) is 13.5. The second kappa shape index (κ2) is 3.13. The standard InChI is InChI=1S/C10H9N5/c1-2-4-8(5-3-1)15-13-6-9-10(14-15)12-7-11-9/h1-7,14H,(H,11,12). The van der Waals surface area contributed by atoms with Crippen LogP contribution in [0.4, 0.5) is 11.5 Å². The fraction of sp³-hybridized carbons (Fsp3) is 0. The molecule has 1 aliphatic rings. The molecule has 2 N–H and O–H groups in total. The molecule has 0 fully saturated rings. The number of hydrazone groups is 1. The highest BCUT2D eigenvalue weighted by Gasteiger charge is 2.13. The minimum Gasteiger partial charge on any atom is -0.342 e. The van der Waals surface area contributed by atoms with Gasteiger partial charge in [0.05, 0.1) is 18.2 Å². The van der Waals surface area contributed by atoms with E-state index in [9.17, 15) is 0 Å². The van der Waals surface area contributed by atoms with E-state index >= 15 is 0 Å². The summed E-state index contributed by atoms with van der Waals surface area (Å²) in [6, 6.07) is 9.85. The fourth-order valence-corrected chi connectivity index (χ4v) is 1.44.